The zero-order valence-electron chi connectivity index (χ0n) is 15.4. The van der Waals surface area contributed by atoms with E-state index in [2.05, 4.69) is 35.9 Å². The van der Waals surface area contributed by atoms with Gasteiger partial charge >= 0.3 is 0 Å². The van der Waals surface area contributed by atoms with Gasteiger partial charge in [-0.15, -0.1) is 0 Å². The Hall–Kier alpha value is -1.94. The molecular formula is C20H23N3OPS+. The summed E-state index contributed by atoms with van der Waals surface area (Å²) in [5, 5.41) is 12.1. The average molecular weight is 384 g/mol. The first kappa shape index (κ1) is 17.5. The molecule has 1 aromatic heterocycles. The normalized spacial score (nSPS) is 14.3. The second-order valence-corrected chi connectivity index (χ2v) is 18.7. The summed E-state index contributed by atoms with van der Waals surface area (Å²) in [4.78, 5) is 17.7. The maximum atomic E-state index is 13.1. The van der Waals surface area contributed by atoms with Gasteiger partial charge in [0.2, 0.25) is 0 Å². The summed E-state index contributed by atoms with van der Waals surface area (Å²) >= 11 is 0. The molecule has 3 N–H and O–H groups in total. The van der Waals surface area contributed by atoms with Crippen LogP contribution in [0.5, 0.6) is 0 Å². The molecule has 1 aliphatic rings. The SMILES string of the molecule is C[P+](C)(Nc1ccc2c(c1)C(=O)c1cccc3ccnc-2c13)S(C)(C)N. The topological polar surface area (TPSA) is 68.0 Å². The number of fused-ring (bicyclic) bond motifs is 2. The molecule has 134 valence electrons. The van der Waals surface area contributed by atoms with Crippen LogP contribution in [0.25, 0.3) is 22.0 Å². The van der Waals surface area contributed by atoms with Gasteiger partial charge < -0.3 is 0 Å². The smallest absolute Gasteiger partial charge is 0.194 e. The molecule has 0 radical (unpaired) electrons. The number of carbonyl (C=O) groups excluding carboxylic acids is 1. The standard InChI is InChI=1S/C20H23N3OPS/c1-25(2,26(3,4)21)23-14-8-9-15-17(12-14)20(24)16-7-5-6-13-10-11-22-19(15)18(13)16/h5-12,23H,21H2,1-4H3/q+1. The molecule has 2 aromatic carbocycles. The molecule has 0 unspecified atom stereocenters. The first-order valence-corrected chi connectivity index (χ1v) is 14.2. The minimum atomic E-state index is -1.53. The minimum absolute atomic E-state index is 0.0604. The molecule has 4 nitrogen and oxygen atoms in total. The maximum Gasteiger partial charge on any atom is 0.194 e. The summed E-state index contributed by atoms with van der Waals surface area (Å²) in [6, 6.07) is 13.8. The molecule has 1 heterocycles. The van der Waals surface area contributed by atoms with Crippen LogP contribution in [0, 0.1) is 0 Å². The lowest BCUT2D eigenvalue weighted by Crippen LogP contribution is -2.17. The summed E-state index contributed by atoms with van der Waals surface area (Å²) in [5.41, 5.74) is 4.18. The van der Waals surface area contributed by atoms with Gasteiger partial charge in [0.15, 0.2) is 5.78 Å². The Morgan fingerprint density at radius 1 is 1.04 bits per heavy atom. The predicted octanol–water partition coefficient (Wildman–Crippen LogP) is 4.90. The lowest BCUT2D eigenvalue weighted by Gasteiger charge is -2.36. The van der Waals surface area contributed by atoms with Crippen molar-refractivity contribution < 1.29 is 4.79 Å². The summed E-state index contributed by atoms with van der Waals surface area (Å²) in [7, 11) is -1.21. The Labute approximate surface area is 155 Å². The van der Waals surface area contributed by atoms with Gasteiger partial charge in [-0.05, 0) is 29.7 Å². The van der Waals surface area contributed by atoms with Crippen LogP contribution < -0.4 is 10.2 Å². The molecule has 4 rings (SSSR count). The van der Waals surface area contributed by atoms with Gasteiger partial charge in [-0.25, -0.2) is 0 Å². The van der Waals surface area contributed by atoms with Gasteiger partial charge in [0, 0.05) is 40.8 Å². The van der Waals surface area contributed by atoms with E-state index in [1.165, 1.54) is 0 Å². The Morgan fingerprint density at radius 3 is 2.54 bits per heavy atom. The van der Waals surface area contributed by atoms with E-state index in [9.17, 15) is 4.79 Å². The number of nitrogens with one attached hydrogen (secondary N) is 1. The molecule has 0 fully saturated rings. The predicted molar refractivity (Wildman–Crippen MR) is 117 cm³/mol. The number of hydrogen-bond donors (Lipinski definition) is 2. The number of hydrogen-bond acceptors (Lipinski definition) is 4. The van der Waals surface area contributed by atoms with Crippen molar-refractivity contribution in [3.8, 4) is 11.3 Å². The number of nitrogens with two attached hydrogens (primary N) is 1. The number of nitrogens with zero attached hydrogens (tertiary/aromatic N) is 1. The van der Waals surface area contributed by atoms with Crippen LogP contribution >= 0.6 is 16.4 Å². The fourth-order valence-corrected chi connectivity index (χ4v) is 5.22. The molecule has 6 heteroatoms. The number of rotatable bonds is 3. The summed E-state index contributed by atoms with van der Waals surface area (Å²) in [5.74, 6) is 0.0604. The molecule has 3 aromatic rings. The molecule has 0 aliphatic heterocycles. The van der Waals surface area contributed by atoms with E-state index in [0.29, 0.717) is 5.56 Å². The van der Waals surface area contributed by atoms with E-state index in [1.54, 1.807) is 0 Å². The first-order valence-electron chi connectivity index (χ1n) is 8.39. The highest BCUT2D eigenvalue weighted by Gasteiger charge is 2.37. The largest absolute Gasteiger partial charge is 0.289 e. The van der Waals surface area contributed by atoms with Crippen LogP contribution in [-0.4, -0.2) is 36.6 Å². The van der Waals surface area contributed by atoms with Crippen molar-refractivity contribution >= 4 is 38.7 Å². The number of ketones is 1. The van der Waals surface area contributed by atoms with Crippen molar-refractivity contribution in [2.75, 3.05) is 30.9 Å². The number of benzene rings is 2. The molecule has 0 bridgehead atoms. The fourth-order valence-electron chi connectivity index (χ4n) is 3.21. The van der Waals surface area contributed by atoms with Gasteiger partial charge in [0.1, 0.15) is 6.62 Å². The third kappa shape index (κ3) is 2.62. The van der Waals surface area contributed by atoms with Gasteiger partial charge in [-0.1, -0.05) is 28.0 Å². The fraction of sp³-hybridized carbons (Fsp3) is 0.200. The van der Waals surface area contributed by atoms with Crippen LogP contribution in [0.3, 0.4) is 0 Å². The van der Waals surface area contributed by atoms with E-state index >= 15 is 0 Å². The summed E-state index contributed by atoms with van der Waals surface area (Å²) in [6.07, 6.45) is 6.05. The molecule has 0 atom stereocenters. The second kappa shape index (κ2) is 5.78. The summed E-state index contributed by atoms with van der Waals surface area (Å²) in [6.45, 7) is 2.89. The van der Waals surface area contributed by atoms with Crippen LogP contribution in [-0.2, 0) is 0 Å². The number of pyridine rings is 1. The number of anilines is 1. The second-order valence-electron chi connectivity index (χ2n) is 7.47. The van der Waals surface area contributed by atoms with Gasteiger partial charge in [0.05, 0.1) is 24.7 Å². The third-order valence-electron chi connectivity index (χ3n) is 5.13. The van der Waals surface area contributed by atoms with E-state index in [-0.39, 0.29) is 5.78 Å². The van der Waals surface area contributed by atoms with Gasteiger partial charge in [-0.2, -0.15) is 0 Å². The van der Waals surface area contributed by atoms with Crippen LogP contribution in [0.4, 0.5) is 5.69 Å². The molecule has 1 aliphatic carbocycles. The van der Waals surface area contributed by atoms with Gasteiger partial charge in [-0.3, -0.25) is 20.0 Å². The quantitative estimate of drug-likeness (QED) is 0.493. The van der Waals surface area contributed by atoms with Crippen molar-refractivity contribution in [3.63, 3.8) is 0 Å². The highest BCUT2D eigenvalue weighted by Crippen LogP contribution is 2.77. The van der Waals surface area contributed by atoms with Crippen LogP contribution in [0.15, 0.2) is 48.7 Å². The highest BCUT2D eigenvalue weighted by molar-refractivity contribution is 8.80. The maximum absolute atomic E-state index is 13.1. The van der Waals surface area contributed by atoms with Gasteiger partial charge in [0.25, 0.3) is 0 Å². The Kier molecular flexibility index (Phi) is 3.88. The number of carbonyl (C=O) groups is 1. The minimum Gasteiger partial charge on any atom is -0.289 e. The van der Waals surface area contributed by atoms with Crippen molar-refractivity contribution in [2.45, 2.75) is 0 Å². The number of aromatic nitrogens is 1. The van der Waals surface area contributed by atoms with E-state index in [1.807, 2.05) is 48.7 Å². The molecule has 0 saturated heterocycles. The lowest BCUT2D eigenvalue weighted by atomic mass is 9.85. The van der Waals surface area contributed by atoms with Crippen molar-refractivity contribution in [3.05, 3.63) is 59.8 Å². The van der Waals surface area contributed by atoms with Crippen molar-refractivity contribution in [1.82, 2.24) is 4.98 Å². The monoisotopic (exact) mass is 384 g/mol. The van der Waals surface area contributed by atoms with Crippen molar-refractivity contribution in [2.24, 2.45) is 5.14 Å². The first-order chi connectivity index (χ1) is 12.2. The Balaban J connectivity index is 1.86. The highest BCUT2D eigenvalue weighted by atomic mass is 32.8. The zero-order valence-corrected chi connectivity index (χ0v) is 17.1. The van der Waals surface area contributed by atoms with Crippen LogP contribution in [0.1, 0.15) is 15.9 Å². The molecule has 0 spiro atoms. The molecule has 26 heavy (non-hydrogen) atoms. The molecule has 0 amide bonds. The summed E-state index contributed by atoms with van der Waals surface area (Å²) < 4.78 is 0. The molecule has 0 saturated carbocycles. The molecular weight excluding hydrogens is 361 g/mol. The Morgan fingerprint density at radius 2 is 1.81 bits per heavy atom. The van der Waals surface area contributed by atoms with E-state index < -0.39 is 16.4 Å². The van der Waals surface area contributed by atoms with E-state index in [4.69, 9.17) is 5.14 Å². The Bertz CT molecular complexity index is 1050. The van der Waals surface area contributed by atoms with Crippen molar-refractivity contribution in [1.29, 1.82) is 0 Å². The van der Waals surface area contributed by atoms with Crippen LogP contribution in [0.2, 0.25) is 0 Å². The lowest BCUT2D eigenvalue weighted by molar-refractivity contribution is 0.104. The third-order valence-corrected chi connectivity index (χ3v) is 15.6. The zero-order chi connectivity index (χ0) is 18.7. The average Bonchev–Trinajstić information content (AvgIpc) is 2.58. The van der Waals surface area contributed by atoms with E-state index in [0.717, 1.165) is 33.3 Å².